The lowest BCUT2D eigenvalue weighted by Crippen LogP contribution is -2.19. The second-order valence-electron chi connectivity index (χ2n) is 5.37. The van der Waals surface area contributed by atoms with Crippen molar-refractivity contribution >= 4 is 47.0 Å². The fourth-order valence-corrected chi connectivity index (χ4v) is 2.61. The number of benzene rings is 2. The number of anilines is 1. The minimum Gasteiger partial charge on any atom is -0.409 e. The number of hydrogen-bond acceptors (Lipinski definition) is 4. The highest BCUT2D eigenvalue weighted by molar-refractivity contribution is 7.71. The van der Waals surface area contributed by atoms with Gasteiger partial charge in [-0.1, -0.05) is 40.9 Å². The summed E-state index contributed by atoms with van der Waals surface area (Å²) in [5.74, 6) is 0.0607. The molecule has 0 spiro atoms. The van der Waals surface area contributed by atoms with Crippen LogP contribution in [0.1, 0.15) is 5.56 Å². The second kappa shape index (κ2) is 7.39. The van der Waals surface area contributed by atoms with E-state index in [4.69, 9.17) is 39.8 Å². The van der Waals surface area contributed by atoms with Crippen LogP contribution in [0.5, 0.6) is 0 Å². The molecule has 0 bridgehead atoms. The van der Waals surface area contributed by atoms with E-state index in [2.05, 4.69) is 10.4 Å². The Hall–Kier alpha value is -2.15. The predicted molar refractivity (Wildman–Crippen MR) is 101 cm³/mol. The summed E-state index contributed by atoms with van der Waals surface area (Å²) in [5.41, 5.74) is 2.45. The first-order valence-corrected chi connectivity index (χ1v) is 8.49. The van der Waals surface area contributed by atoms with Crippen LogP contribution in [-0.2, 0) is 11.3 Å². The van der Waals surface area contributed by atoms with E-state index in [1.807, 2.05) is 31.2 Å². The smallest absolute Gasteiger partial charge is 0.287 e. The summed E-state index contributed by atoms with van der Waals surface area (Å²) in [6, 6.07) is 12.5. The Bertz CT molecular complexity index is 980. The van der Waals surface area contributed by atoms with Crippen molar-refractivity contribution in [3.05, 3.63) is 62.9 Å². The van der Waals surface area contributed by atoms with Gasteiger partial charge in [0.1, 0.15) is 6.54 Å². The van der Waals surface area contributed by atoms with E-state index in [0.717, 1.165) is 11.1 Å². The van der Waals surface area contributed by atoms with Crippen molar-refractivity contribution in [3.8, 4) is 11.5 Å². The molecule has 128 valence electrons. The molecular formula is C17H13Cl2N3O2S. The van der Waals surface area contributed by atoms with Crippen molar-refractivity contribution in [2.45, 2.75) is 13.5 Å². The number of rotatable bonds is 4. The number of aryl methyl sites for hydroxylation is 1. The first kappa shape index (κ1) is 17.7. The number of halogens is 2. The fraction of sp³-hybridized carbons (Fsp3) is 0.118. The molecule has 1 amide bonds. The summed E-state index contributed by atoms with van der Waals surface area (Å²) in [6.07, 6.45) is 0. The van der Waals surface area contributed by atoms with Crippen LogP contribution in [0.15, 0.2) is 46.9 Å². The number of amides is 1. The van der Waals surface area contributed by atoms with E-state index >= 15 is 0 Å². The summed E-state index contributed by atoms with van der Waals surface area (Å²) < 4.78 is 6.81. The summed E-state index contributed by atoms with van der Waals surface area (Å²) in [7, 11) is 0. The monoisotopic (exact) mass is 393 g/mol. The Labute approximate surface area is 159 Å². The number of carbonyl (C=O) groups excluding carboxylic acids is 1. The quantitative estimate of drug-likeness (QED) is 0.624. The Morgan fingerprint density at radius 1 is 1.20 bits per heavy atom. The zero-order valence-corrected chi connectivity index (χ0v) is 15.5. The SMILES string of the molecule is Cc1ccc(-c2nn(CC(=O)Nc3ccc(Cl)c(Cl)c3)c(=S)o2)cc1. The molecule has 8 heteroatoms. The van der Waals surface area contributed by atoms with Crippen LogP contribution in [0.25, 0.3) is 11.5 Å². The van der Waals surface area contributed by atoms with Gasteiger partial charge in [0.25, 0.3) is 4.84 Å². The molecule has 0 radical (unpaired) electrons. The first-order chi connectivity index (χ1) is 11.9. The van der Waals surface area contributed by atoms with Gasteiger partial charge in [0.2, 0.25) is 11.8 Å². The Kier molecular flexibility index (Phi) is 5.22. The van der Waals surface area contributed by atoms with Crippen LogP contribution >= 0.6 is 35.4 Å². The zero-order chi connectivity index (χ0) is 18.0. The minimum atomic E-state index is -0.307. The third-order valence-electron chi connectivity index (χ3n) is 3.40. The molecule has 0 fully saturated rings. The van der Waals surface area contributed by atoms with E-state index in [0.29, 0.717) is 21.6 Å². The van der Waals surface area contributed by atoms with Crippen molar-refractivity contribution in [1.82, 2.24) is 9.78 Å². The summed E-state index contributed by atoms with van der Waals surface area (Å²) in [6.45, 7) is 1.92. The molecule has 0 saturated heterocycles. The van der Waals surface area contributed by atoms with Gasteiger partial charge in [0.05, 0.1) is 10.0 Å². The van der Waals surface area contributed by atoms with Crippen LogP contribution in [-0.4, -0.2) is 15.7 Å². The molecule has 3 rings (SSSR count). The van der Waals surface area contributed by atoms with Gasteiger partial charge < -0.3 is 9.73 Å². The van der Waals surface area contributed by atoms with Crippen LogP contribution in [0.4, 0.5) is 5.69 Å². The van der Waals surface area contributed by atoms with E-state index in [1.165, 1.54) is 4.68 Å². The number of nitrogens with zero attached hydrogens (tertiary/aromatic N) is 2. The number of nitrogens with one attached hydrogen (secondary N) is 1. The van der Waals surface area contributed by atoms with Crippen molar-refractivity contribution < 1.29 is 9.21 Å². The summed E-state index contributed by atoms with van der Waals surface area (Å²) in [4.78, 5) is 12.3. The van der Waals surface area contributed by atoms with Gasteiger partial charge >= 0.3 is 0 Å². The largest absolute Gasteiger partial charge is 0.409 e. The van der Waals surface area contributed by atoms with Crippen LogP contribution in [0.2, 0.25) is 10.0 Å². The number of carbonyl (C=O) groups is 1. The average Bonchev–Trinajstić information content (AvgIpc) is 2.92. The highest BCUT2D eigenvalue weighted by Gasteiger charge is 2.12. The molecule has 25 heavy (non-hydrogen) atoms. The maximum Gasteiger partial charge on any atom is 0.287 e. The third kappa shape index (κ3) is 4.28. The van der Waals surface area contributed by atoms with Gasteiger partial charge in [0.15, 0.2) is 0 Å². The second-order valence-corrected chi connectivity index (χ2v) is 6.54. The molecule has 1 heterocycles. The molecule has 2 aromatic carbocycles. The molecule has 1 aromatic heterocycles. The van der Waals surface area contributed by atoms with Crippen LogP contribution < -0.4 is 5.32 Å². The summed E-state index contributed by atoms with van der Waals surface area (Å²) >= 11 is 16.9. The molecule has 0 atom stereocenters. The molecular weight excluding hydrogens is 381 g/mol. The third-order valence-corrected chi connectivity index (χ3v) is 4.43. The van der Waals surface area contributed by atoms with Gasteiger partial charge in [-0.05, 0) is 49.5 Å². The highest BCUT2D eigenvalue weighted by Crippen LogP contribution is 2.25. The average molecular weight is 394 g/mol. The van der Waals surface area contributed by atoms with E-state index in [1.54, 1.807) is 18.2 Å². The van der Waals surface area contributed by atoms with Crippen molar-refractivity contribution in [2.75, 3.05) is 5.32 Å². The maximum absolute atomic E-state index is 12.2. The minimum absolute atomic E-state index is 0.0750. The molecule has 0 aliphatic heterocycles. The molecule has 0 saturated carbocycles. The molecule has 1 N–H and O–H groups in total. The molecule has 0 aliphatic carbocycles. The van der Waals surface area contributed by atoms with Crippen LogP contribution in [0, 0.1) is 11.8 Å². The van der Waals surface area contributed by atoms with E-state index in [-0.39, 0.29) is 17.3 Å². The normalized spacial score (nSPS) is 10.7. The summed E-state index contributed by atoms with van der Waals surface area (Å²) in [5, 5.41) is 7.75. The molecule has 3 aromatic rings. The lowest BCUT2D eigenvalue weighted by molar-refractivity contribution is -0.117. The first-order valence-electron chi connectivity index (χ1n) is 7.32. The van der Waals surface area contributed by atoms with Crippen LogP contribution in [0.3, 0.4) is 0 Å². The standard InChI is InChI=1S/C17H13Cl2N3O2S/c1-10-2-4-11(5-3-10)16-21-22(17(25)24-16)9-15(23)20-12-6-7-13(18)14(19)8-12/h2-8H,9H2,1H3,(H,20,23). The lowest BCUT2D eigenvalue weighted by atomic mass is 10.1. The van der Waals surface area contributed by atoms with Gasteiger partial charge in [-0.15, -0.1) is 5.10 Å². The Morgan fingerprint density at radius 2 is 1.92 bits per heavy atom. The highest BCUT2D eigenvalue weighted by atomic mass is 35.5. The lowest BCUT2D eigenvalue weighted by Gasteiger charge is -2.05. The van der Waals surface area contributed by atoms with Gasteiger partial charge in [0, 0.05) is 11.3 Å². The van der Waals surface area contributed by atoms with Crippen molar-refractivity contribution in [1.29, 1.82) is 0 Å². The molecule has 0 unspecified atom stereocenters. The topological polar surface area (TPSA) is 60.1 Å². The Balaban J connectivity index is 1.74. The van der Waals surface area contributed by atoms with Gasteiger partial charge in [-0.3, -0.25) is 4.79 Å². The predicted octanol–water partition coefficient (Wildman–Crippen LogP) is 5.13. The van der Waals surface area contributed by atoms with E-state index in [9.17, 15) is 4.79 Å². The maximum atomic E-state index is 12.2. The Morgan fingerprint density at radius 3 is 2.60 bits per heavy atom. The number of hydrogen-bond donors (Lipinski definition) is 1. The van der Waals surface area contributed by atoms with Gasteiger partial charge in [-0.2, -0.15) is 0 Å². The van der Waals surface area contributed by atoms with Crippen molar-refractivity contribution in [2.24, 2.45) is 0 Å². The molecule has 5 nitrogen and oxygen atoms in total. The van der Waals surface area contributed by atoms with E-state index < -0.39 is 0 Å². The fourth-order valence-electron chi connectivity index (χ4n) is 2.13. The van der Waals surface area contributed by atoms with Crippen molar-refractivity contribution in [3.63, 3.8) is 0 Å². The molecule has 0 aliphatic rings. The number of aromatic nitrogens is 2. The zero-order valence-electron chi connectivity index (χ0n) is 13.1. The van der Waals surface area contributed by atoms with Gasteiger partial charge in [-0.25, -0.2) is 4.68 Å².